The molecule has 1 amide bonds. The van der Waals surface area contributed by atoms with Crippen LogP contribution in [-0.2, 0) is 11.3 Å². The first-order valence-corrected chi connectivity index (χ1v) is 7.29. The number of hydrogen-bond donors (Lipinski definition) is 3. The third-order valence-corrected chi connectivity index (χ3v) is 4.04. The molecule has 3 N–H and O–H groups in total. The molecule has 0 radical (unpaired) electrons. The third-order valence-electron chi connectivity index (χ3n) is 4.04. The van der Waals surface area contributed by atoms with Crippen LogP contribution in [0.5, 0.6) is 0 Å². The minimum Gasteiger partial charge on any atom is -0.352 e. The summed E-state index contributed by atoms with van der Waals surface area (Å²) in [6, 6.07) is 5.66. The number of aromatic nitrogens is 2. The molecule has 1 aliphatic rings. The lowest BCUT2D eigenvalue weighted by atomic mass is 9.97. The molecule has 1 aromatic carbocycles. The maximum atomic E-state index is 12.2. The molecule has 0 aliphatic carbocycles. The number of imidazole rings is 1. The Bertz CT molecular complexity index is 703. The van der Waals surface area contributed by atoms with Gasteiger partial charge in [-0.05, 0) is 44.1 Å². The highest BCUT2D eigenvalue weighted by Crippen LogP contribution is 2.15. The summed E-state index contributed by atoms with van der Waals surface area (Å²) in [7, 11) is 2.05. The summed E-state index contributed by atoms with van der Waals surface area (Å²) in [6.07, 6.45) is 2.03. The number of likely N-dealkylation sites (tertiary alicyclic amines) is 1. The summed E-state index contributed by atoms with van der Waals surface area (Å²) in [5.74, 6) is 0.198. The van der Waals surface area contributed by atoms with Crippen molar-refractivity contribution in [3.8, 4) is 0 Å². The first-order valence-electron chi connectivity index (χ1n) is 7.29. The van der Waals surface area contributed by atoms with Gasteiger partial charge in [-0.25, -0.2) is 4.79 Å². The Morgan fingerprint density at radius 3 is 3.00 bits per heavy atom. The van der Waals surface area contributed by atoms with Crippen molar-refractivity contribution in [1.82, 2.24) is 20.2 Å². The Kier molecular flexibility index (Phi) is 3.79. The molecule has 1 fully saturated rings. The van der Waals surface area contributed by atoms with E-state index in [2.05, 4.69) is 27.2 Å². The van der Waals surface area contributed by atoms with Crippen molar-refractivity contribution in [2.45, 2.75) is 19.4 Å². The Hall–Kier alpha value is -2.08. The zero-order valence-electron chi connectivity index (χ0n) is 12.1. The number of nitrogens with zero attached hydrogens (tertiary/aromatic N) is 1. The molecule has 1 aliphatic heterocycles. The molecule has 112 valence electrons. The number of carbonyl (C=O) groups excluding carboxylic acids is 1. The van der Waals surface area contributed by atoms with Gasteiger partial charge in [0.25, 0.3) is 0 Å². The number of hydrogen-bond acceptors (Lipinski definition) is 3. The van der Waals surface area contributed by atoms with Gasteiger partial charge in [0, 0.05) is 13.1 Å². The molecule has 0 bridgehead atoms. The second-order valence-electron chi connectivity index (χ2n) is 5.78. The average molecular weight is 288 g/mol. The van der Waals surface area contributed by atoms with Crippen LogP contribution in [0.4, 0.5) is 0 Å². The maximum absolute atomic E-state index is 12.2. The molecule has 1 atom stereocenters. The van der Waals surface area contributed by atoms with Crippen molar-refractivity contribution < 1.29 is 4.79 Å². The molecular weight excluding hydrogens is 268 g/mol. The maximum Gasteiger partial charge on any atom is 0.323 e. The van der Waals surface area contributed by atoms with Gasteiger partial charge in [0.15, 0.2) is 0 Å². The quantitative estimate of drug-likeness (QED) is 0.782. The second-order valence-corrected chi connectivity index (χ2v) is 5.78. The van der Waals surface area contributed by atoms with Gasteiger partial charge in [0.05, 0.1) is 17.0 Å². The standard InChI is InChI=1S/C15H20N4O2/c1-19-6-2-3-11(9-19)14(20)16-8-10-4-5-12-13(7-10)18-15(21)17-12/h4-5,7,11H,2-3,6,8-9H2,1H3,(H,16,20)(H2,17,18,21)/t11-/m1/s1. The third kappa shape index (κ3) is 3.16. The zero-order chi connectivity index (χ0) is 14.8. The lowest BCUT2D eigenvalue weighted by Gasteiger charge is -2.28. The van der Waals surface area contributed by atoms with Gasteiger partial charge in [-0.1, -0.05) is 6.07 Å². The smallest absolute Gasteiger partial charge is 0.323 e. The fraction of sp³-hybridized carbons (Fsp3) is 0.467. The van der Waals surface area contributed by atoms with Crippen molar-refractivity contribution in [3.05, 3.63) is 34.2 Å². The average Bonchev–Trinajstić information content (AvgIpc) is 2.84. The van der Waals surface area contributed by atoms with Crippen LogP contribution >= 0.6 is 0 Å². The zero-order valence-corrected chi connectivity index (χ0v) is 12.1. The molecule has 6 heteroatoms. The summed E-state index contributed by atoms with van der Waals surface area (Å²) >= 11 is 0. The Balaban J connectivity index is 1.62. The van der Waals surface area contributed by atoms with E-state index < -0.39 is 0 Å². The number of amides is 1. The number of rotatable bonds is 3. The second kappa shape index (κ2) is 5.73. The van der Waals surface area contributed by atoms with E-state index in [-0.39, 0.29) is 17.5 Å². The molecule has 0 saturated carbocycles. The van der Waals surface area contributed by atoms with Crippen LogP contribution in [0.25, 0.3) is 11.0 Å². The highest BCUT2D eigenvalue weighted by atomic mass is 16.2. The van der Waals surface area contributed by atoms with Crippen LogP contribution in [0.1, 0.15) is 18.4 Å². The van der Waals surface area contributed by atoms with E-state index in [1.807, 2.05) is 18.2 Å². The van der Waals surface area contributed by atoms with Crippen molar-refractivity contribution >= 4 is 16.9 Å². The first kappa shape index (κ1) is 13.9. The van der Waals surface area contributed by atoms with Crippen LogP contribution in [0.2, 0.25) is 0 Å². The van der Waals surface area contributed by atoms with Crippen LogP contribution < -0.4 is 11.0 Å². The molecule has 3 rings (SSSR count). The SMILES string of the molecule is CN1CCC[C@@H](C(=O)NCc2ccc3[nH]c(=O)[nH]c3c2)C1. The van der Waals surface area contributed by atoms with E-state index in [4.69, 9.17) is 0 Å². The molecule has 2 heterocycles. The summed E-state index contributed by atoms with van der Waals surface area (Å²) in [5.41, 5.74) is 2.32. The van der Waals surface area contributed by atoms with Gasteiger partial charge in [-0.3, -0.25) is 4.79 Å². The number of piperidine rings is 1. The van der Waals surface area contributed by atoms with E-state index >= 15 is 0 Å². The highest BCUT2D eigenvalue weighted by molar-refractivity contribution is 5.79. The van der Waals surface area contributed by atoms with E-state index in [1.54, 1.807) is 0 Å². The van der Waals surface area contributed by atoms with Crippen LogP contribution in [-0.4, -0.2) is 40.9 Å². The number of carbonyl (C=O) groups is 1. The molecule has 0 spiro atoms. The number of aromatic amines is 2. The molecule has 0 unspecified atom stereocenters. The minimum atomic E-state index is -0.212. The fourth-order valence-corrected chi connectivity index (χ4v) is 2.90. The first-order chi connectivity index (χ1) is 10.1. The van der Waals surface area contributed by atoms with Gasteiger partial charge < -0.3 is 20.2 Å². The number of fused-ring (bicyclic) bond motifs is 1. The number of H-pyrrole nitrogens is 2. The minimum absolute atomic E-state index is 0.0829. The number of nitrogens with one attached hydrogen (secondary N) is 3. The van der Waals surface area contributed by atoms with Crippen molar-refractivity contribution in [2.75, 3.05) is 20.1 Å². The van der Waals surface area contributed by atoms with Crippen molar-refractivity contribution in [3.63, 3.8) is 0 Å². The normalized spacial score (nSPS) is 19.8. The topological polar surface area (TPSA) is 81.0 Å². The monoisotopic (exact) mass is 288 g/mol. The summed E-state index contributed by atoms with van der Waals surface area (Å²) in [4.78, 5) is 31.0. The summed E-state index contributed by atoms with van der Waals surface area (Å²) < 4.78 is 0. The largest absolute Gasteiger partial charge is 0.352 e. The Morgan fingerprint density at radius 2 is 2.19 bits per heavy atom. The predicted molar refractivity (Wildman–Crippen MR) is 81.0 cm³/mol. The molecule has 21 heavy (non-hydrogen) atoms. The van der Waals surface area contributed by atoms with Crippen molar-refractivity contribution in [2.24, 2.45) is 5.92 Å². The molecule has 1 aromatic heterocycles. The van der Waals surface area contributed by atoms with Gasteiger partial charge >= 0.3 is 5.69 Å². The van der Waals surface area contributed by atoms with Gasteiger partial charge in [-0.2, -0.15) is 0 Å². The van der Waals surface area contributed by atoms with E-state index in [1.165, 1.54) is 0 Å². The van der Waals surface area contributed by atoms with E-state index in [0.717, 1.165) is 42.5 Å². The molecule has 2 aromatic rings. The Labute approximate surface area is 122 Å². The highest BCUT2D eigenvalue weighted by Gasteiger charge is 2.23. The van der Waals surface area contributed by atoms with Gasteiger partial charge in [0.2, 0.25) is 5.91 Å². The summed E-state index contributed by atoms with van der Waals surface area (Å²) in [5, 5.41) is 2.99. The lowest BCUT2D eigenvalue weighted by molar-refractivity contribution is -0.126. The lowest BCUT2D eigenvalue weighted by Crippen LogP contribution is -2.41. The Morgan fingerprint density at radius 1 is 1.38 bits per heavy atom. The van der Waals surface area contributed by atoms with Gasteiger partial charge in [-0.15, -0.1) is 0 Å². The molecule has 1 saturated heterocycles. The van der Waals surface area contributed by atoms with Crippen molar-refractivity contribution in [1.29, 1.82) is 0 Å². The van der Waals surface area contributed by atoms with E-state index in [9.17, 15) is 9.59 Å². The van der Waals surface area contributed by atoms with E-state index in [0.29, 0.717) is 6.54 Å². The fourth-order valence-electron chi connectivity index (χ4n) is 2.90. The van der Waals surface area contributed by atoms with Crippen LogP contribution in [0, 0.1) is 5.92 Å². The van der Waals surface area contributed by atoms with Crippen LogP contribution in [0.15, 0.2) is 23.0 Å². The predicted octanol–water partition coefficient (Wildman–Crippen LogP) is 0.814. The molecular formula is C15H20N4O2. The summed E-state index contributed by atoms with van der Waals surface area (Å²) in [6.45, 7) is 2.39. The molecule has 6 nitrogen and oxygen atoms in total. The van der Waals surface area contributed by atoms with Crippen LogP contribution in [0.3, 0.4) is 0 Å². The number of benzene rings is 1. The van der Waals surface area contributed by atoms with Gasteiger partial charge in [0.1, 0.15) is 0 Å².